The monoisotopic (exact) mass is 331 g/mol. The van der Waals surface area contributed by atoms with E-state index in [0.29, 0.717) is 5.92 Å². The van der Waals surface area contributed by atoms with Crippen molar-refractivity contribution in [2.45, 2.75) is 26.2 Å². The molecule has 0 aliphatic heterocycles. The molecule has 1 aromatic carbocycles. The summed E-state index contributed by atoms with van der Waals surface area (Å²) in [6.07, 6.45) is 3.18. The summed E-state index contributed by atoms with van der Waals surface area (Å²) in [5, 5.41) is 0. The van der Waals surface area contributed by atoms with Crippen molar-refractivity contribution in [3.05, 3.63) is 45.7 Å². The maximum atomic E-state index is 5.80. The van der Waals surface area contributed by atoms with Crippen LogP contribution in [-0.2, 0) is 12.8 Å². The zero-order valence-corrected chi connectivity index (χ0v) is 13.2. The fourth-order valence-corrected chi connectivity index (χ4v) is 3.22. The topological polar surface area (TPSA) is 51.8 Å². The minimum Gasteiger partial charge on any atom is -0.330 e. The van der Waals surface area contributed by atoms with Crippen LogP contribution in [0.1, 0.15) is 23.4 Å². The molecule has 1 atom stereocenters. The lowest BCUT2D eigenvalue weighted by molar-refractivity contribution is 0.460. The molecule has 0 bridgehead atoms. The number of aryl methyl sites for hydroxylation is 2. The normalized spacial score (nSPS) is 17.9. The van der Waals surface area contributed by atoms with Gasteiger partial charge in [0.1, 0.15) is 0 Å². The van der Waals surface area contributed by atoms with E-state index < -0.39 is 0 Å². The van der Waals surface area contributed by atoms with Crippen molar-refractivity contribution in [2.24, 2.45) is 11.7 Å². The summed E-state index contributed by atoms with van der Waals surface area (Å²) in [4.78, 5) is 9.48. The Morgan fingerprint density at radius 2 is 2.20 bits per heavy atom. The van der Waals surface area contributed by atoms with Crippen LogP contribution < -0.4 is 5.73 Å². The van der Waals surface area contributed by atoms with Gasteiger partial charge in [-0.25, -0.2) is 9.97 Å². The van der Waals surface area contributed by atoms with E-state index in [9.17, 15) is 0 Å². The smallest absolute Gasteiger partial charge is 0.159 e. The SMILES string of the molecule is Cc1nc(-c2cccc(Br)c2)nc2c1CC(CN)CC2. The molecule has 2 N–H and O–H groups in total. The molecule has 20 heavy (non-hydrogen) atoms. The third-order valence-electron chi connectivity index (χ3n) is 4.00. The summed E-state index contributed by atoms with van der Waals surface area (Å²) in [5.74, 6) is 1.41. The third kappa shape index (κ3) is 2.63. The first-order valence-electron chi connectivity index (χ1n) is 6.99. The molecule has 3 nitrogen and oxygen atoms in total. The van der Waals surface area contributed by atoms with E-state index in [-0.39, 0.29) is 0 Å². The second-order valence-electron chi connectivity index (χ2n) is 5.41. The highest BCUT2D eigenvalue weighted by atomic mass is 79.9. The molecule has 3 rings (SSSR count). The van der Waals surface area contributed by atoms with Crippen LogP contribution in [0.15, 0.2) is 28.7 Å². The van der Waals surface area contributed by atoms with Gasteiger partial charge >= 0.3 is 0 Å². The Morgan fingerprint density at radius 3 is 2.95 bits per heavy atom. The van der Waals surface area contributed by atoms with Crippen molar-refractivity contribution in [1.82, 2.24) is 9.97 Å². The standard InChI is InChI=1S/C16H18BrN3/c1-10-14-7-11(9-18)5-6-15(14)20-16(19-10)12-3-2-4-13(17)8-12/h2-4,8,11H,5-7,9,18H2,1H3. The molecule has 1 aromatic heterocycles. The summed E-state index contributed by atoms with van der Waals surface area (Å²) in [6.45, 7) is 2.84. The molecule has 4 heteroatoms. The van der Waals surface area contributed by atoms with Gasteiger partial charge in [0.15, 0.2) is 5.82 Å². The van der Waals surface area contributed by atoms with E-state index >= 15 is 0 Å². The van der Waals surface area contributed by atoms with Crippen LogP contribution in [0.5, 0.6) is 0 Å². The first-order valence-corrected chi connectivity index (χ1v) is 7.79. The zero-order chi connectivity index (χ0) is 14.1. The Labute approximate surface area is 127 Å². The fraction of sp³-hybridized carbons (Fsp3) is 0.375. The van der Waals surface area contributed by atoms with Gasteiger partial charge in [-0.05, 0) is 56.3 Å². The first kappa shape index (κ1) is 13.7. The van der Waals surface area contributed by atoms with Crippen LogP contribution >= 0.6 is 15.9 Å². The predicted octanol–water partition coefficient (Wildman–Crippen LogP) is 3.28. The number of nitrogens with two attached hydrogens (primary N) is 1. The lowest BCUT2D eigenvalue weighted by atomic mass is 9.86. The molecule has 2 aromatic rings. The van der Waals surface area contributed by atoms with Crippen LogP contribution in [0.3, 0.4) is 0 Å². The number of hydrogen-bond acceptors (Lipinski definition) is 3. The van der Waals surface area contributed by atoms with Gasteiger partial charge in [-0.1, -0.05) is 28.1 Å². The molecular formula is C16H18BrN3. The van der Waals surface area contributed by atoms with E-state index in [1.165, 1.54) is 11.3 Å². The Bertz CT molecular complexity index is 640. The molecule has 1 aliphatic rings. The number of halogens is 1. The molecule has 0 spiro atoms. The highest BCUT2D eigenvalue weighted by Crippen LogP contribution is 2.28. The van der Waals surface area contributed by atoms with Crippen LogP contribution in [0.2, 0.25) is 0 Å². The zero-order valence-electron chi connectivity index (χ0n) is 11.6. The van der Waals surface area contributed by atoms with Gasteiger partial charge in [-0.15, -0.1) is 0 Å². The molecule has 1 aliphatic carbocycles. The predicted molar refractivity (Wildman–Crippen MR) is 84.5 cm³/mol. The largest absolute Gasteiger partial charge is 0.330 e. The number of aromatic nitrogens is 2. The minimum atomic E-state index is 0.585. The summed E-state index contributed by atoms with van der Waals surface area (Å²) in [5.41, 5.74) is 10.5. The van der Waals surface area contributed by atoms with Gasteiger partial charge in [0.05, 0.1) is 0 Å². The van der Waals surface area contributed by atoms with Gasteiger partial charge in [-0.3, -0.25) is 0 Å². The lowest BCUT2D eigenvalue weighted by Gasteiger charge is -2.24. The molecule has 104 valence electrons. The Balaban J connectivity index is 2.02. The molecule has 1 unspecified atom stereocenters. The Morgan fingerprint density at radius 1 is 1.35 bits per heavy atom. The minimum absolute atomic E-state index is 0.585. The molecular weight excluding hydrogens is 314 g/mol. The first-order chi connectivity index (χ1) is 9.67. The fourth-order valence-electron chi connectivity index (χ4n) is 2.82. The number of benzene rings is 1. The lowest BCUT2D eigenvalue weighted by Crippen LogP contribution is -2.24. The van der Waals surface area contributed by atoms with Crippen LogP contribution in [-0.4, -0.2) is 16.5 Å². The molecule has 0 saturated heterocycles. The van der Waals surface area contributed by atoms with Crippen LogP contribution in [0.4, 0.5) is 0 Å². The molecule has 0 radical (unpaired) electrons. The summed E-state index contributed by atoms with van der Waals surface area (Å²) in [6, 6.07) is 8.15. The summed E-state index contributed by atoms with van der Waals surface area (Å²) >= 11 is 3.50. The number of fused-ring (bicyclic) bond motifs is 1. The average molecular weight is 332 g/mol. The second-order valence-corrected chi connectivity index (χ2v) is 6.33. The highest BCUT2D eigenvalue weighted by Gasteiger charge is 2.22. The van der Waals surface area contributed by atoms with E-state index in [4.69, 9.17) is 15.7 Å². The van der Waals surface area contributed by atoms with E-state index in [2.05, 4.69) is 35.0 Å². The highest BCUT2D eigenvalue weighted by molar-refractivity contribution is 9.10. The average Bonchev–Trinajstić information content (AvgIpc) is 2.47. The van der Waals surface area contributed by atoms with E-state index in [0.717, 1.165) is 47.4 Å². The van der Waals surface area contributed by atoms with Gasteiger partial charge in [0, 0.05) is 21.4 Å². The quantitative estimate of drug-likeness (QED) is 0.918. The van der Waals surface area contributed by atoms with Gasteiger partial charge in [-0.2, -0.15) is 0 Å². The van der Waals surface area contributed by atoms with Crippen LogP contribution in [0.25, 0.3) is 11.4 Å². The maximum absolute atomic E-state index is 5.80. The Kier molecular flexibility index (Phi) is 3.85. The van der Waals surface area contributed by atoms with Crippen LogP contribution in [0, 0.1) is 12.8 Å². The van der Waals surface area contributed by atoms with Crippen molar-refractivity contribution in [2.75, 3.05) is 6.54 Å². The van der Waals surface area contributed by atoms with Crippen molar-refractivity contribution < 1.29 is 0 Å². The van der Waals surface area contributed by atoms with Crippen molar-refractivity contribution in [3.63, 3.8) is 0 Å². The molecule has 1 heterocycles. The molecule has 0 fully saturated rings. The number of nitrogens with zero attached hydrogens (tertiary/aromatic N) is 2. The van der Waals surface area contributed by atoms with Gasteiger partial charge in [0.2, 0.25) is 0 Å². The van der Waals surface area contributed by atoms with E-state index in [1.54, 1.807) is 0 Å². The Hall–Kier alpha value is -1.26. The molecule has 0 amide bonds. The van der Waals surface area contributed by atoms with Crippen molar-refractivity contribution in [1.29, 1.82) is 0 Å². The van der Waals surface area contributed by atoms with E-state index in [1.807, 2.05) is 12.1 Å². The summed E-state index contributed by atoms with van der Waals surface area (Å²) in [7, 11) is 0. The summed E-state index contributed by atoms with van der Waals surface area (Å²) < 4.78 is 1.05. The van der Waals surface area contributed by atoms with Gasteiger partial charge in [0.25, 0.3) is 0 Å². The maximum Gasteiger partial charge on any atom is 0.159 e. The molecule has 0 saturated carbocycles. The van der Waals surface area contributed by atoms with Gasteiger partial charge < -0.3 is 5.73 Å². The third-order valence-corrected chi connectivity index (χ3v) is 4.49. The number of rotatable bonds is 2. The van der Waals surface area contributed by atoms with Crippen molar-refractivity contribution >= 4 is 15.9 Å². The second kappa shape index (κ2) is 5.62. The van der Waals surface area contributed by atoms with Crippen molar-refractivity contribution in [3.8, 4) is 11.4 Å². The number of hydrogen-bond donors (Lipinski definition) is 1.